The Bertz CT molecular complexity index is 1190. The minimum atomic E-state index is -0.928. The highest BCUT2D eigenvalue weighted by atomic mass is 16.5. The van der Waals surface area contributed by atoms with Crippen LogP contribution in [0.4, 0.5) is 5.95 Å². The maximum atomic E-state index is 13.0. The Hall–Kier alpha value is -3.19. The van der Waals surface area contributed by atoms with Gasteiger partial charge in [-0.25, -0.2) is 4.98 Å². The molecule has 1 fully saturated rings. The Morgan fingerprint density at radius 3 is 2.73 bits per heavy atom. The number of aliphatic hydroxyl groups excluding tert-OH is 3. The summed E-state index contributed by atoms with van der Waals surface area (Å²) >= 11 is 0. The smallest absolute Gasteiger partial charge is 0.283 e. The summed E-state index contributed by atoms with van der Waals surface area (Å²) in [5.74, 6) is 1.03. The largest absolute Gasteiger partial charge is 0.493 e. The van der Waals surface area contributed by atoms with Crippen molar-refractivity contribution in [3.05, 3.63) is 40.4 Å². The van der Waals surface area contributed by atoms with Gasteiger partial charge in [0.15, 0.2) is 22.7 Å². The maximum Gasteiger partial charge on any atom is 0.283 e. The Labute approximate surface area is 188 Å². The fourth-order valence-corrected chi connectivity index (χ4v) is 4.01. The molecule has 3 heterocycles. The van der Waals surface area contributed by atoms with Crippen molar-refractivity contribution in [1.82, 2.24) is 19.1 Å². The number of methoxy groups -OCH3 is 2. The van der Waals surface area contributed by atoms with E-state index in [1.165, 1.54) is 29.7 Å². The van der Waals surface area contributed by atoms with Gasteiger partial charge in [-0.05, 0) is 17.7 Å². The van der Waals surface area contributed by atoms with Crippen LogP contribution in [0.1, 0.15) is 18.2 Å². The summed E-state index contributed by atoms with van der Waals surface area (Å²) in [6, 6.07) is 5.30. The Balaban J connectivity index is 1.56. The lowest BCUT2D eigenvalue weighted by Gasteiger charge is -2.16. The van der Waals surface area contributed by atoms with Crippen molar-refractivity contribution < 1.29 is 29.5 Å². The van der Waals surface area contributed by atoms with Gasteiger partial charge in [0.2, 0.25) is 5.95 Å². The highest BCUT2D eigenvalue weighted by Crippen LogP contribution is 2.30. The normalized spacial score (nSPS) is 21.4. The van der Waals surface area contributed by atoms with E-state index in [2.05, 4.69) is 9.97 Å². The van der Waals surface area contributed by atoms with Gasteiger partial charge in [0, 0.05) is 12.8 Å². The van der Waals surface area contributed by atoms with Gasteiger partial charge in [-0.1, -0.05) is 6.07 Å². The molecule has 12 nitrogen and oxygen atoms in total. The Kier molecular flexibility index (Phi) is 6.51. The van der Waals surface area contributed by atoms with Crippen molar-refractivity contribution in [2.75, 3.05) is 26.6 Å². The molecule has 1 aliphatic rings. The van der Waals surface area contributed by atoms with Crippen LogP contribution >= 0.6 is 0 Å². The van der Waals surface area contributed by atoms with E-state index in [1.54, 1.807) is 18.2 Å². The lowest BCUT2D eigenvalue weighted by molar-refractivity contribution is -0.0432. The summed E-state index contributed by atoms with van der Waals surface area (Å²) in [6.07, 6.45) is -1.29. The number of fused-ring (bicyclic) bond motifs is 1. The third-order valence-electron chi connectivity index (χ3n) is 5.72. The van der Waals surface area contributed by atoms with E-state index in [0.717, 1.165) is 5.56 Å². The number of aliphatic hydroxyl groups is 3. The summed E-state index contributed by atoms with van der Waals surface area (Å²) in [4.78, 5) is 21.5. The van der Waals surface area contributed by atoms with Crippen molar-refractivity contribution >= 4 is 17.1 Å². The number of aromatic nitrogens is 4. The average Bonchev–Trinajstić information content (AvgIpc) is 3.39. The standard InChI is InChI=1S/C21H27N5O7/c1-31-14-4-3-11(6-15(14)32-2)5-12(28)8-25-20(30)18-19(24-21(25)22)26(10-23-18)17-7-13(29)16(9-27)33-17/h3-4,6,10,12-13,16-17,27-29H,5,7-9H2,1-2H3,(H2,22,24)/t12-,13+,16+,17+/m1/s1. The van der Waals surface area contributed by atoms with E-state index in [4.69, 9.17) is 19.9 Å². The number of nitrogen functional groups attached to an aromatic ring is 1. The van der Waals surface area contributed by atoms with Crippen LogP contribution in [0, 0.1) is 0 Å². The molecular formula is C21H27N5O7. The van der Waals surface area contributed by atoms with Crippen molar-refractivity contribution in [3.63, 3.8) is 0 Å². The summed E-state index contributed by atoms with van der Waals surface area (Å²) in [6.45, 7) is -0.412. The molecule has 0 spiro atoms. The molecule has 0 aliphatic carbocycles. The summed E-state index contributed by atoms with van der Waals surface area (Å²) in [5.41, 5.74) is 6.62. The number of imidazole rings is 1. The molecule has 33 heavy (non-hydrogen) atoms. The fraction of sp³-hybridized carbons (Fsp3) is 0.476. The first-order valence-corrected chi connectivity index (χ1v) is 10.4. The van der Waals surface area contributed by atoms with Crippen molar-refractivity contribution in [2.24, 2.45) is 0 Å². The molecule has 178 valence electrons. The second kappa shape index (κ2) is 9.35. The predicted molar refractivity (Wildman–Crippen MR) is 117 cm³/mol. The zero-order valence-electron chi connectivity index (χ0n) is 18.3. The first kappa shape index (κ1) is 23.0. The summed E-state index contributed by atoms with van der Waals surface area (Å²) in [7, 11) is 3.07. The quantitative estimate of drug-likeness (QED) is 0.341. The molecule has 12 heteroatoms. The van der Waals surface area contributed by atoms with Gasteiger partial charge in [-0.2, -0.15) is 4.98 Å². The van der Waals surface area contributed by atoms with E-state index in [9.17, 15) is 20.1 Å². The van der Waals surface area contributed by atoms with Crippen LogP contribution in [0.25, 0.3) is 11.2 Å². The first-order valence-electron chi connectivity index (χ1n) is 10.4. The molecule has 5 N–H and O–H groups in total. The number of anilines is 1. The van der Waals surface area contributed by atoms with E-state index in [1.807, 2.05) is 0 Å². The molecular weight excluding hydrogens is 434 g/mol. The van der Waals surface area contributed by atoms with Gasteiger partial charge in [-0.15, -0.1) is 0 Å². The second-order valence-corrected chi connectivity index (χ2v) is 7.87. The third kappa shape index (κ3) is 4.37. The van der Waals surface area contributed by atoms with Gasteiger partial charge >= 0.3 is 0 Å². The van der Waals surface area contributed by atoms with Gasteiger partial charge in [0.05, 0.1) is 45.9 Å². The van der Waals surface area contributed by atoms with Crippen molar-refractivity contribution in [2.45, 2.75) is 43.9 Å². The van der Waals surface area contributed by atoms with Crippen LogP contribution in [0.2, 0.25) is 0 Å². The summed E-state index contributed by atoms with van der Waals surface area (Å²) in [5, 5.41) is 29.9. The number of rotatable bonds is 8. The molecule has 3 aromatic rings. The highest BCUT2D eigenvalue weighted by molar-refractivity contribution is 5.71. The Morgan fingerprint density at radius 2 is 2.06 bits per heavy atom. The van der Waals surface area contributed by atoms with Crippen LogP contribution in [0.3, 0.4) is 0 Å². The van der Waals surface area contributed by atoms with Crippen LogP contribution in [-0.4, -0.2) is 73.6 Å². The molecule has 4 atom stereocenters. The minimum absolute atomic E-state index is 0.0630. The average molecular weight is 461 g/mol. The second-order valence-electron chi connectivity index (χ2n) is 7.87. The van der Waals surface area contributed by atoms with E-state index >= 15 is 0 Å². The fourth-order valence-electron chi connectivity index (χ4n) is 4.01. The lowest BCUT2D eigenvalue weighted by Crippen LogP contribution is -2.31. The molecule has 0 amide bonds. The van der Waals surface area contributed by atoms with Gasteiger partial charge in [0.1, 0.15) is 12.3 Å². The van der Waals surface area contributed by atoms with Crippen molar-refractivity contribution in [1.29, 1.82) is 0 Å². The SMILES string of the molecule is COc1ccc(C[C@@H](O)Cn2c(N)nc3c(ncn3[C@@H]3C[C@H](O)[C@H](CO)O3)c2=O)cc1OC. The molecule has 0 radical (unpaired) electrons. The number of hydrogen-bond donors (Lipinski definition) is 4. The van der Waals surface area contributed by atoms with E-state index in [-0.39, 0.29) is 43.1 Å². The molecule has 0 saturated carbocycles. The summed E-state index contributed by atoms with van der Waals surface area (Å²) < 4.78 is 18.8. The number of benzene rings is 1. The Morgan fingerprint density at radius 1 is 1.30 bits per heavy atom. The molecule has 0 bridgehead atoms. The predicted octanol–water partition coefficient (Wildman–Crippen LogP) is -0.563. The zero-order valence-corrected chi connectivity index (χ0v) is 18.3. The maximum absolute atomic E-state index is 13.0. The molecule has 1 aromatic carbocycles. The number of nitrogens with zero attached hydrogens (tertiary/aromatic N) is 4. The molecule has 2 aromatic heterocycles. The molecule has 4 rings (SSSR count). The first-order chi connectivity index (χ1) is 15.9. The third-order valence-corrected chi connectivity index (χ3v) is 5.72. The van der Waals surface area contributed by atoms with Gasteiger partial charge < -0.3 is 35.3 Å². The van der Waals surface area contributed by atoms with Crippen LogP contribution < -0.4 is 20.8 Å². The molecule has 1 saturated heterocycles. The number of ether oxygens (including phenoxy) is 3. The van der Waals surface area contributed by atoms with Crippen LogP contribution in [-0.2, 0) is 17.7 Å². The number of hydrogen-bond acceptors (Lipinski definition) is 10. The minimum Gasteiger partial charge on any atom is -0.493 e. The van der Waals surface area contributed by atoms with Gasteiger partial charge in [0.25, 0.3) is 5.56 Å². The van der Waals surface area contributed by atoms with Crippen LogP contribution in [0.5, 0.6) is 11.5 Å². The van der Waals surface area contributed by atoms with Gasteiger partial charge in [-0.3, -0.25) is 13.9 Å². The van der Waals surface area contributed by atoms with Crippen molar-refractivity contribution in [3.8, 4) is 11.5 Å². The molecule has 0 unspecified atom stereocenters. The zero-order chi connectivity index (χ0) is 23.7. The topological polar surface area (TPSA) is 167 Å². The monoisotopic (exact) mass is 461 g/mol. The lowest BCUT2D eigenvalue weighted by atomic mass is 10.1. The highest BCUT2D eigenvalue weighted by Gasteiger charge is 2.35. The molecule has 1 aliphatic heterocycles. The van der Waals surface area contributed by atoms with E-state index < -0.39 is 30.1 Å². The van der Waals surface area contributed by atoms with Crippen LogP contribution in [0.15, 0.2) is 29.3 Å². The number of nitrogens with two attached hydrogens (primary N) is 1. The van der Waals surface area contributed by atoms with E-state index in [0.29, 0.717) is 11.5 Å².